The van der Waals surface area contributed by atoms with Gasteiger partial charge < -0.3 is 15.0 Å². The highest BCUT2D eigenvalue weighted by atomic mass is 19.1. The second kappa shape index (κ2) is 8.66. The van der Waals surface area contributed by atoms with E-state index >= 15 is 0 Å². The number of nitrogens with one attached hydrogen (secondary N) is 1. The van der Waals surface area contributed by atoms with Crippen LogP contribution in [0, 0.1) is 5.82 Å². The van der Waals surface area contributed by atoms with E-state index in [1.54, 1.807) is 11.0 Å². The number of amides is 2. The first-order chi connectivity index (χ1) is 13.1. The van der Waals surface area contributed by atoms with Crippen molar-refractivity contribution in [1.29, 1.82) is 0 Å². The lowest BCUT2D eigenvalue weighted by molar-refractivity contribution is -0.129. The molecule has 0 bridgehead atoms. The molecule has 1 saturated heterocycles. The van der Waals surface area contributed by atoms with Gasteiger partial charge in [0.05, 0.1) is 19.6 Å². The van der Waals surface area contributed by atoms with E-state index in [0.717, 1.165) is 12.0 Å². The minimum absolute atomic E-state index is 0.0538. The van der Waals surface area contributed by atoms with E-state index in [-0.39, 0.29) is 30.0 Å². The molecule has 0 aromatic heterocycles. The number of carbonyl (C=O) groups excluding carboxylic acids is 2. The lowest BCUT2D eigenvalue weighted by atomic mass is 10.1. The highest BCUT2D eigenvalue weighted by molar-refractivity contribution is 5.80. The Morgan fingerprint density at radius 1 is 1.26 bits per heavy atom. The van der Waals surface area contributed by atoms with E-state index in [9.17, 15) is 14.0 Å². The molecule has 142 valence electrons. The zero-order valence-electron chi connectivity index (χ0n) is 15.3. The second-order valence-corrected chi connectivity index (χ2v) is 6.62. The van der Waals surface area contributed by atoms with Crippen LogP contribution in [0.4, 0.5) is 4.39 Å². The van der Waals surface area contributed by atoms with Crippen LogP contribution in [0.15, 0.2) is 48.5 Å². The van der Waals surface area contributed by atoms with Gasteiger partial charge in [-0.15, -0.1) is 0 Å². The molecule has 2 aromatic carbocycles. The van der Waals surface area contributed by atoms with Crippen LogP contribution >= 0.6 is 0 Å². The van der Waals surface area contributed by atoms with Crippen molar-refractivity contribution in [1.82, 2.24) is 10.2 Å². The van der Waals surface area contributed by atoms with Gasteiger partial charge in [0.25, 0.3) is 0 Å². The van der Waals surface area contributed by atoms with E-state index in [0.29, 0.717) is 25.1 Å². The molecule has 27 heavy (non-hydrogen) atoms. The number of likely N-dealkylation sites (tertiary alicyclic amines) is 1. The molecule has 0 aliphatic carbocycles. The molecule has 5 nitrogen and oxygen atoms in total. The zero-order chi connectivity index (χ0) is 19.2. The minimum atomic E-state index is -0.495. The predicted molar refractivity (Wildman–Crippen MR) is 99.8 cm³/mol. The highest BCUT2D eigenvalue weighted by Gasteiger charge is 2.25. The summed E-state index contributed by atoms with van der Waals surface area (Å²) < 4.78 is 18.7. The summed E-state index contributed by atoms with van der Waals surface area (Å²) in [5.41, 5.74) is 1.50. The lowest BCUT2D eigenvalue weighted by Gasteiger charge is -2.25. The van der Waals surface area contributed by atoms with E-state index < -0.39 is 5.82 Å². The Balaban J connectivity index is 1.70. The largest absolute Gasteiger partial charge is 0.494 e. The zero-order valence-corrected chi connectivity index (χ0v) is 15.3. The summed E-state index contributed by atoms with van der Waals surface area (Å²) in [6.07, 6.45) is 1.46. The van der Waals surface area contributed by atoms with E-state index in [4.69, 9.17) is 4.74 Å². The van der Waals surface area contributed by atoms with Gasteiger partial charge in [-0.1, -0.05) is 36.4 Å². The molecule has 0 spiro atoms. The van der Waals surface area contributed by atoms with Crippen molar-refractivity contribution < 1.29 is 18.7 Å². The van der Waals surface area contributed by atoms with Crippen LogP contribution in [0.25, 0.3) is 0 Å². The van der Waals surface area contributed by atoms with Crippen molar-refractivity contribution >= 4 is 11.8 Å². The molecule has 1 heterocycles. The molecule has 0 unspecified atom stereocenters. The van der Waals surface area contributed by atoms with Gasteiger partial charge in [-0.2, -0.15) is 0 Å². The van der Waals surface area contributed by atoms with Gasteiger partial charge in [-0.3, -0.25) is 9.59 Å². The van der Waals surface area contributed by atoms with Crippen LogP contribution in [0.1, 0.15) is 30.0 Å². The van der Waals surface area contributed by atoms with Crippen molar-refractivity contribution in [3.05, 3.63) is 65.5 Å². The number of hydrogen-bond acceptors (Lipinski definition) is 3. The fourth-order valence-electron chi connectivity index (χ4n) is 3.29. The Morgan fingerprint density at radius 2 is 2.04 bits per heavy atom. The van der Waals surface area contributed by atoms with Crippen molar-refractivity contribution in [3.8, 4) is 5.75 Å². The molecule has 1 aliphatic heterocycles. The van der Waals surface area contributed by atoms with Gasteiger partial charge in [0.15, 0.2) is 11.6 Å². The lowest BCUT2D eigenvalue weighted by Crippen LogP contribution is -2.39. The van der Waals surface area contributed by atoms with Crippen LogP contribution in [-0.4, -0.2) is 36.9 Å². The Labute approximate surface area is 158 Å². The third-order valence-corrected chi connectivity index (χ3v) is 4.69. The van der Waals surface area contributed by atoms with E-state index in [1.807, 2.05) is 30.3 Å². The quantitative estimate of drug-likeness (QED) is 0.815. The first-order valence-electron chi connectivity index (χ1n) is 9.01. The number of carbonyl (C=O) groups is 2. The predicted octanol–water partition coefficient (Wildman–Crippen LogP) is 2.86. The summed E-state index contributed by atoms with van der Waals surface area (Å²) in [6.45, 7) is 1.15. The summed E-state index contributed by atoms with van der Waals surface area (Å²) in [5, 5.41) is 2.99. The van der Waals surface area contributed by atoms with E-state index in [2.05, 4.69) is 5.32 Å². The molecule has 6 heteroatoms. The average molecular weight is 370 g/mol. The molecule has 1 N–H and O–H groups in total. The van der Waals surface area contributed by atoms with Crippen LogP contribution in [0.3, 0.4) is 0 Å². The summed E-state index contributed by atoms with van der Waals surface area (Å²) >= 11 is 0. The maximum atomic E-state index is 13.8. The second-order valence-electron chi connectivity index (χ2n) is 6.62. The Bertz CT molecular complexity index is 810. The number of nitrogens with zero attached hydrogens (tertiary/aromatic N) is 1. The Hall–Kier alpha value is -2.89. The van der Waals surface area contributed by atoms with Gasteiger partial charge in [0.2, 0.25) is 11.8 Å². The molecule has 2 amide bonds. The first-order valence-corrected chi connectivity index (χ1v) is 9.01. The number of hydrogen-bond donors (Lipinski definition) is 1. The molecule has 3 rings (SSSR count). The smallest absolute Gasteiger partial charge is 0.224 e. The number of rotatable bonds is 7. The van der Waals surface area contributed by atoms with Crippen LogP contribution < -0.4 is 10.1 Å². The van der Waals surface area contributed by atoms with Crippen LogP contribution in [0.5, 0.6) is 5.75 Å². The molecule has 2 aromatic rings. The molecule has 1 aliphatic rings. The van der Waals surface area contributed by atoms with Gasteiger partial charge in [0.1, 0.15) is 0 Å². The summed E-state index contributed by atoms with van der Waals surface area (Å²) in [5.74, 6) is -0.457. The highest BCUT2D eigenvalue weighted by Crippen LogP contribution is 2.20. The van der Waals surface area contributed by atoms with Gasteiger partial charge in [-0.25, -0.2) is 4.39 Å². The number of methoxy groups -OCH3 is 1. The standard InChI is InChI=1S/C21H23FN2O3/c1-27-19-10-9-15(12-17(19)22)13-20(25)23-18(16-6-3-2-4-7-16)14-24-11-5-8-21(24)26/h2-4,6-7,9-10,12,18H,5,8,11,13-14H2,1H3,(H,23,25)/t18-/m0/s1. The molecule has 1 fully saturated rings. The van der Waals surface area contributed by atoms with Gasteiger partial charge in [0, 0.05) is 19.5 Å². The summed E-state index contributed by atoms with van der Waals surface area (Å²) in [4.78, 5) is 26.3. The van der Waals surface area contributed by atoms with Gasteiger partial charge in [-0.05, 0) is 29.7 Å². The van der Waals surface area contributed by atoms with E-state index in [1.165, 1.54) is 19.2 Å². The van der Waals surface area contributed by atoms with Crippen molar-refractivity contribution in [2.75, 3.05) is 20.2 Å². The van der Waals surface area contributed by atoms with Crippen molar-refractivity contribution in [2.45, 2.75) is 25.3 Å². The maximum Gasteiger partial charge on any atom is 0.224 e. The van der Waals surface area contributed by atoms with Crippen LogP contribution in [-0.2, 0) is 16.0 Å². The molecule has 0 saturated carbocycles. The summed E-state index contributed by atoms with van der Waals surface area (Å²) in [6, 6.07) is 13.8. The van der Waals surface area contributed by atoms with Crippen molar-refractivity contribution in [2.24, 2.45) is 0 Å². The number of benzene rings is 2. The van der Waals surface area contributed by atoms with Crippen molar-refractivity contribution in [3.63, 3.8) is 0 Å². The third kappa shape index (κ3) is 4.84. The Morgan fingerprint density at radius 3 is 2.67 bits per heavy atom. The SMILES string of the molecule is COc1ccc(CC(=O)N[C@@H](CN2CCCC2=O)c2ccccc2)cc1F. The molecule has 0 radical (unpaired) electrons. The van der Waals surface area contributed by atoms with Crippen LogP contribution in [0.2, 0.25) is 0 Å². The molecule has 1 atom stereocenters. The monoisotopic (exact) mass is 370 g/mol. The minimum Gasteiger partial charge on any atom is -0.494 e. The third-order valence-electron chi connectivity index (χ3n) is 4.69. The first kappa shape index (κ1) is 18.9. The average Bonchev–Trinajstić information content (AvgIpc) is 3.07. The van der Waals surface area contributed by atoms with Gasteiger partial charge >= 0.3 is 0 Å². The Kier molecular flexibility index (Phi) is 6.06. The summed E-state index contributed by atoms with van der Waals surface area (Å²) in [7, 11) is 1.40. The normalized spacial score (nSPS) is 14.9. The number of halogens is 1. The fraction of sp³-hybridized carbons (Fsp3) is 0.333. The molecular weight excluding hydrogens is 347 g/mol. The number of ether oxygens (including phenoxy) is 1. The maximum absolute atomic E-state index is 13.8. The fourth-order valence-corrected chi connectivity index (χ4v) is 3.29. The topological polar surface area (TPSA) is 58.6 Å². The molecular formula is C21H23FN2O3.